The van der Waals surface area contributed by atoms with E-state index in [1.165, 1.54) is 0 Å². The third kappa shape index (κ3) is 5.86. The minimum absolute atomic E-state index is 0.0667. The standard InChI is InChI=1S/C24H30ClN3O5/c1-2-19-14-21(26-33-19)23(30)28-8-4-7-24(16-28,15-22(29)27-9-11-31-12-10-27)17-32-20-6-3-5-18(25)13-20/h3,5-6,13-14H,2,4,7-12,15-17H2,1H3/t24-/m1/s1. The van der Waals surface area contributed by atoms with Gasteiger partial charge in [-0.05, 0) is 31.0 Å². The number of rotatable bonds is 7. The summed E-state index contributed by atoms with van der Waals surface area (Å²) in [6, 6.07) is 8.91. The van der Waals surface area contributed by atoms with Crippen molar-refractivity contribution in [3.8, 4) is 5.75 Å². The molecule has 2 aromatic rings. The lowest BCUT2D eigenvalue weighted by molar-refractivity contribution is -0.139. The van der Waals surface area contributed by atoms with Crippen molar-refractivity contribution < 1.29 is 23.6 Å². The summed E-state index contributed by atoms with van der Waals surface area (Å²) in [5.74, 6) is 1.21. The van der Waals surface area contributed by atoms with E-state index in [0.717, 1.165) is 12.8 Å². The van der Waals surface area contributed by atoms with E-state index in [1.807, 2.05) is 24.0 Å². The molecule has 9 heteroatoms. The monoisotopic (exact) mass is 475 g/mol. The molecule has 8 nitrogen and oxygen atoms in total. The number of aryl methyl sites for hydroxylation is 1. The second kappa shape index (κ2) is 10.6. The van der Waals surface area contributed by atoms with Crippen LogP contribution in [0, 0.1) is 5.41 Å². The fourth-order valence-corrected chi connectivity index (χ4v) is 4.66. The summed E-state index contributed by atoms with van der Waals surface area (Å²) in [4.78, 5) is 30.0. The van der Waals surface area contributed by atoms with Gasteiger partial charge in [-0.25, -0.2) is 0 Å². The molecule has 178 valence electrons. The number of halogens is 1. The number of piperidine rings is 1. The van der Waals surface area contributed by atoms with Crippen molar-refractivity contribution in [3.63, 3.8) is 0 Å². The highest BCUT2D eigenvalue weighted by atomic mass is 35.5. The molecule has 2 aliphatic rings. The Labute approximate surface area is 198 Å². The van der Waals surface area contributed by atoms with Crippen molar-refractivity contribution in [2.24, 2.45) is 5.41 Å². The number of amides is 2. The van der Waals surface area contributed by atoms with Gasteiger partial charge in [-0.15, -0.1) is 0 Å². The van der Waals surface area contributed by atoms with Crippen LogP contribution in [0.4, 0.5) is 0 Å². The molecule has 0 saturated carbocycles. The van der Waals surface area contributed by atoms with Crippen LogP contribution in [0.3, 0.4) is 0 Å². The third-order valence-corrected chi connectivity index (χ3v) is 6.54. The Bertz CT molecular complexity index is 975. The SMILES string of the molecule is CCc1cc(C(=O)N2CCC[C@@](COc3cccc(Cl)c3)(CC(=O)N3CCOCC3)C2)no1. The molecule has 0 unspecified atom stereocenters. The average Bonchev–Trinajstić information content (AvgIpc) is 3.32. The van der Waals surface area contributed by atoms with Crippen LogP contribution in [-0.2, 0) is 16.0 Å². The van der Waals surface area contributed by atoms with Gasteiger partial charge in [0.2, 0.25) is 5.91 Å². The Balaban J connectivity index is 1.52. The lowest BCUT2D eigenvalue weighted by atomic mass is 9.77. The topological polar surface area (TPSA) is 85.1 Å². The number of benzene rings is 1. The largest absolute Gasteiger partial charge is 0.493 e. The summed E-state index contributed by atoms with van der Waals surface area (Å²) < 4.78 is 16.7. The van der Waals surface area contributed by atoms with Crippen molar-refractivity contribution in [2.45, 2.75) is 32.6 Å². The number of carbonyl (C=O) groups excluding carboxylic acids is 2. The van der Waals surface area contributed by atoms with E-state index in [0.29, 0.717) is 81.1 Å². The van der Waals surface area contributed by atoms with Gasteiger partial charge in [0.15, 0.2) is 5.69 Å². The molecule has 0 aliphatic carbocycles. The van der Waals surface area contributed by atoms with Crippen LogP contribution in [0.1, 0.15) is 42.4 Å². The van der Waals surface area contributed by atoms with Crippen LogP contribution in [0.2, 0.25) is 5.02 Å². The molecule has 1 aromatic carbocycles. The number of hydrogen-bond acceptors (Lipinski definition) is 6. The van der Waals surface area contributed by atoms with Gasteiger partial charge in [0.25, 0.3) is 5.91 Å². The summed E-state index contributed by atoms with van der Waals surface area (Å²) in [7, 11) is 0. The zero-order valence-electron chi connectivity index (χ0n) is 18.9. The fourth-order valence-electron chi connectivity index (χ4n) is 4.48. The van der Waals surface area contributed by atoms with Crippen molar-refractivity contribution in [3.05, 3.63) is 46.8 Å². The molecule has 1 atom stereocenters. The second-order valence-corrected chi connectivity index (χ2v) is 9.21. The first kappa shape index (κ1) is 23.6. The number of carbonyl (C=O) groups is 2. The molecule has 2 fully saturated rings. The lowest BCUT2D eigenvalue weighted by Gasteiger charge is -2.43. The normalized spacial score (nSPS) is 21.2. The summed E-state index contributed by atoms with van der Waals surface area (Å²) in [5, 5.41) is 4.53. The van der Waals surface area contributed by atoms with Crippen LogP contribution >= 0.6 is 11.6 Å². The van der Waals surface area contributed by atoms with Gasteiger partial charge in [-0.2, -0.15) is 0 Å². The first-order valence-corrected chi connectivity index (χ1v) is 11.8. The van der Waals surface area contributed by atoms with E-state index in [2.05, 4.69) is 5.16 Å². The number of morpholine rings is 1. The molecule has 2 saturated heterocycles. The number of likely N-dealkylation sites (tertiary alicyclic amines) is 1. The van der Waals surface area contributed by atoms with Crippen molar-refractivity contribution in [1.29, 1.82) is 0 Å². The van der Waals surface area contributed by atoms with Gasteiger partial charge in [-0.3, -0.25) is 9.59 Å². The van der Waals surface area contributed by atoms with Gasteiger partial charge in [0.05, 0.1) is 19.8 Å². The smallest absolute Gasteiger partial charge is 0.276 e. The van der Waals surface area contributed by atoms with E-state index in [9.17, 15) is 9.59 Å². The Morgan fingerprint density at radius 2 is 2.00 bits per heavy atom. The third-order valence-electron chi connectivity index (χ3n) is 6.31. The quantitative estimate of drug-likeness (QED) is 0.609. The Hall–Kier alpha value is -2.58. The van der Waals surface area contributed by atoms with Crippen LogP contribution in [0.25, 0.3) is 0 Å². The molecule has 33 heavy (non-hydrogen) atoms. The van der Waals surface area contributed by atoms with Gasteiger partial charge in [0, 0.05) is 55.5 Å². The molecule has 2 aliphatic heterocycles. The molecule has 0 radical (unpaired) electrons. The van der Waals surface area contributed by atoms with E-state index in [4.69, 9.17) is 25.6 Å². The van der Waals surface area contributed by atoms with Crippen molar-refractivity contribution in [2.75, 3.05) is 46.0 Å². The van der Waals surface area contributed by atoms with Gasteiger partial charge >= 0.3 is 0 Å². The summed E-state index contributed by atoms with van der Waals surface area (Å²) in [6.07, 6.45) is 2.54. The number of ether oxygens (including phenoxy) is 2. The Morgan fingerprint density at radius 3 is 2.73 bits per heavy atom. The fraction of sp³-hybridized carbons (Fsp3) is 0.542. The van der Waals surface area contributed by atoms with Crippen LogP contribution in [-0.4, -0.2) is 72.8 Å². The van der Waals surface area contributed by atoms with Crippen LogP contribution < -0.4 is 4.74 Å². The van der Waals surface area contributed by atoms with Crippen LogP contribution in [0.5, 0.6) is 5.75 Å². The summed E-state index contributed by atoms with van der Waals surface area (Å²) in [5.41, 5.74) is -0.207. The van der Waals surface area contributed by atoms with Gasteiger partial charge in [0.1, 0.15) is 11.5 Å². The molecule has 1 aromatic heterocycles. The highest BCUT2D eigenvalue weighted by molar-refractivity contribution is 6.30. The predicted molar refractivity (Wildman–Crippen MR) is 122 cm³/mol. The van der Waals surface area contributed by atoms with Crippen LogP contribution in [0.15, 0.2) is 34.9 Å². The summed E-state index contributed by atoms with van der Waals surface area (Å²) in [6.45, 7) is 5.56. The number of nitrogens with zero attached hydrogens (tertiary/aromatic N) is 3. The molecular formula is C24H30ClN3O5. The predicted octanol–water partition coefficient (Wildman–Crippen LogP) is 3.44. The summed E-state index contributed by atoms with van der Waals surface area (Å²) >= 11 is 6.11. The maximum Gasteiger partial charge on any atom is 0.276 e. The minimum atomic E-state index is -0.511. The molecule has 0 spiro atoms. The zero-order chi connectivity index (χ0) is 23.3. The molecular weight excluding hydrogens is 446 g/mol. The molecule has 0 bridgehead atoms. The minimum Gasteiger partial charge on any atom is -0.493 e. The highest BCUT2D eigenvalue weighted by Gasteiger charge is 2.41. The molecule has 4 rings (SSSR count). The molecule has 3 heterocycles. The van der Waals surface area contributed by atoms with Gasteiger partial charge < -0.3 is 23.8 Å². The molecule has 0 N–H and O–H groups in total. The zero-order valence-corrected chi connectivity index (χ0v) is 19.7. The van der Waals surface area contributed by atoms with E-state index in [-0.39, 0.29) is 11.8 Å². The average molecular weight is 476 g/mol. The Kier molecular flexibility index (Phi) is 7.55. The number of hydrogen-bond donors (Lipinski definition) is 0. The van der Waals surface area contributed by atoms with E-state index < -0.39 is 5.41 Å². The van der Waals surface area contributed by atoms with E-state index in [1.54, 1.807) is 23.1 Å². The van der Waals surface area contributed by atoms with Gasteiger partial charge in [-0.1, -0.05) is 29.7 Å². The van der Waals surface area contributed by atoms with E-state index >= 15 is 0 Å². The van der Waals surface area contributed by atoms with Crippen molar-refractivity contribution in [1.82, 2.24) is 15.0 Å². The maximum atomic E-state index is 13.2. The second-order valence-electron chi connectivity index (χ2n) is 8.78. The lowest BCUT2D eigenvalue weighted by Crippen LogP contribution is -2.52. The highest BCUT2D eigenvalue weighted by Crippen LogP contribution is 2.36. The maximum absolute atomic E-state index is 13.2. The van der Waals surface area contributed by atoms with Crippen molar-refractivity contribution >= 4 is 23.4 Å². The first-order valence-electron chi connectivity index (χ1n) is 11.5. The Morgan fingerprint density at radius 1 is 1.18 bits per heavy atom. The molecule has 2 amide bonds. The number of aromatic nitrogens is 1. The first-order chi connectivity index (χ1) is 16.0.